The molecule has 0 aromatic carbocycles. The van der Waals surface area contributed by atoms with Gasteiger partial charge in [-0.15, -0.1) is 0 Å². The van der Waals surface area contributed by atoms with Crippen LogP contribution in [0.5, 0.6) is 0 Å². The van der Waals surface area contributed by atoms with Crippen LogP contribution >= 0.6 is 23.2 Å². The number of methoxy groups -OCH3 is 1. The number of halogens is 2. The average molecular weight is 293 g/mol. The van der Waals surface area contributed by atoms with E-state index in [1.165, 1.54) is 24.1 Å². The molecular weight excluding hydrogens is 279 g/mol. The second kappa shape index (κ2) is 6.89. The highest BCUT2D eigenvalue weighted by Crippen LogP contribution is 2.18. The smallest absolute Gasteiger partial charge is 0.256 e. The Morgan fingerprint density at radius 2 is 2.22 bits per heavy atom. The number of ether oxygens (including phenoxy) is 1. The lowest BCUT2D eigenvalue weighted by atomic mass is 10.2. The fourth-order valence-corrected chi connectivity index (χ4v) is 1.85. The van der Waals surface area contributed by atoms with Crippen LogP contribution in [0, 0.1) is 0 Å². The molecule has 0 aliphatic heterocycles. The second-order valence-electron chi connectivity index (χ2n) is 3.77. The molecule has 100 valence electrons. The average Bonchev–Trinajstić information content (AvgIpc) is 2.28. The molecule has 0 fully saturated rings. The summed E-state index contributed by atoms with van der Waals surface area (Å²) in [5.41, 5.74) is 0.244. The van der Waals surface area contributed by atoms with E-state index in [0.29, 0.717) is 0 Å². The highest BCUT2D eigenvalue weighted by Gasteiger charge is 2.18. The van der Waals surface area contributed by atoms with Gasteiger partial charge in [-0.1, -0.05) is 23.2 Å². The summed E-state index contributed by atoms with van der Waals surface area (Å²) in [6.45, 7) is 0.301. The van der Waals surface area contributed by atoms with Crippen molar-refractivity contribution in [3.8, 4) is 0 Å². The minimum absolute atomic E-state index is 0.0422. The van der Waals surface area contributed by atoms with E-state index in [0.717, 1.165) is 0 Å². The Morgan fingerprint density at radius 3 is 2.78 bits per heavy atom. The molecule has 1 aromatic heterocycles. The van der Waals surface area contributed by atoms with Crippen LogP contribution in [0.15, 0.2) is 12.1 Å². The molecule has 1 aromatic rings. The fraction of sp³-hybridized carbons (Fsp3) is 0.455. The number of carbonyl (C=O) groups excluding carboxylic acids is 1. The van der Waals surface area contributed by atoms with E-state index in [2.05, 4.69) is 4.98 Å². The van der Waals surface area contributed by atoms with Gasteiger partial charge in [-0.3, -0.25) is 4.79 Å². The number of hydrogen-bond donors (Lipinski definition) is 1. The molecular formula is C11H14Cl2N2O3. The van der Waals surface area contributed by atoms with Gasteiger partial charge in [0.2, 0.25) is 0 Å². The molecule has 0 saturated carbocycles. The molecule has 0 bridgehead atoms. The lowest BCUT2D eigenvalue weighted by Gasteiger charge is -2.20. The molecule has 5 nitrogen and oxygen atoms in total. The number of aliphatic hydroxyl groups is 1. The van der Waals surface area contributed by atoms with E-state index in [4.69, 9.17) is 27.9 Å². The summed E-state index contributed by atoms with van der Waals surface area (Å²) in [6, 6.07) is 2.99. The zero-order valence-electron chi connectivity index (χ0n) is 10.1. The Hall–Kier alpha value is -0.880. The van der Waals surface area contributed by atoms with Gasteiger partial charge in [0.1, 0.15) is 10.3 Å². The van der Waals surface area contributed by atoms with Gasteiger partial charge in [-0.05, 0) is 12.1 Å². The first-order chi connectivity index (χ1) is 8.45. The molecule has 0 spiro atoms. The third-order valence-electron chi connectivity index (χ3n) is 2.24. The highest BCUT2D eigenvalue weighted by molar-refractivity contribution is 6.34. The van der Waals surface area contributed by atoms with Crippen molar-refractivity contribution < 1.29 is 14.6 Å². The van der Waals surface area contributed by atoms with Crippen molar-refractivity contribution in [3.05, 3.63) is 28.0 Å². The third kappa shape index (κ3) is 4.10. The van der Waals surface area contributed by atoms with Gasteiger partial charge in [0, 0.05) is 20.7 Å². The summed E-state index contributed by atoms with van der Waals surface area (Å²) >= 11 is 11.5. The Morgan fingerprint density at radius 1 is 1.56 bits per heavy atom. The summed E-state index contributed by atoms with van der Waals surface area (Å²) in [4.78, 5) is 17.2. The van der Waals surface area contributed by atoms with Crippen LogP contribution in [0.25, 0.3) is 0 Å². The van der Waals surface area contributed by atoms with E-state index >= 15 is 0 Å². The largest absolute Gasteiger partial charge is 0.389 e. The van der Waals surface area contributed by atoms with Gasteiger partial charge in [-0.2, -0.15) is 0 Å². The van der Waals surface area contributed by atoms with E-state index in [-0.39, 0.29) is 34.9 Å². The van der Waals surface area contributed by atoms with E-state index in [1.807, 2.05) is 0 Å². The van der Waals surface area contributed by atoms with Crippen LogP contribution in [-0.2, 0) is 4.74 Å². The minimum Gasteiger partial charge on any atom is -0.389 e. The second-order valence-corrected chi connectivity index (χ2v) is 4.51. The highest BCUT2D eigenvalue weighted by atomic mass is 35.5. The Kier molecular flexibility index (Phi) is 5.81. The lowest BCUT2D eigenvalue weighted by molar-refractivity contribution is 0.0380. The zero-order chi connectivity index (χ0) is 13.7. The number of rotatable bonds is 5. The Balaban J connectivity index is 2.74. The number of aliphatic hydroxyl groups excluding tert-OH is 1. The molecule has 7 heteroatoms. The maximum absolute atomic E-state index is 12.0. The first kappa shape index (κ1) is 15.2. The molecule has 0 saturated heterocycles. The number of amides is 1. The molecule has 0 aliphatic rings. The first-order valence-corrected chi connectivity index (χ1v) is 5.95. The number of hydrogen-bond acceptors (Lipinski definition) is 4. The van der Waals surface area contributed by atoms with Crippen molar-refractivity contribution >= 4 is 29.1 Å². The maximum atomic E-state index is 12.0. The molecule has 18 heavy (non-hydrogen) atoms. The molecule has 0 aliphatic carbocycles. The predicted octanol–water partition coefficient (Wildman–Crippen LogP) is 1.47. The van der Waals surface area contributed by atoms with Crippen molar-refractivity contribution in [1.82, 2.24) is 9.88 Å². The van der Waals surface area contributed by atoms with Gasteiger partial charge in [0.05, 0.1) is 18.3 Å². The molecule has 1 atom stereocenters. The van der Waals surface area contributed by atoms with E-state index < -0.39 is 6.10 Å². The first-order valence-electron chi connectivity index (χ1n) is 5.20. The Bertz CT molecular complexity index is 429. The number of aromatic nitrogens is 1. The van der Waals surface area contributed by atoms with Gasteiger partial charge >= 0.3 is 0 Å². The number of carbonyl (C=O) groups is 1. The molecule has 1 unspecified atom stereocenters. The predicted molar refractivity (Wildman–Crippen MR) is 69.1 cm³/mol. The molecule has 1 rings (SSSR count). The third-order valence-corrected chi connectivity index (χ3v) is 2.73. The van der Waals surface area contributed by atoms with Crippen LogP contribution in [0.2, 0.25) is 10.3 Å². The van der Waals surface area contributed by atoms with Crippen molar-refractivity contribution in [2.75, 3.05) is 27.3 Å². The zero-order valence-corrected chi connectivity index (χ0v) is 11.6. The van der Waals surface area contributed by atoms with Crippen LogP contribution in [0.3, 0.4) is 0 Å². The van der Waals surface area contributed by atoms with Crippen molar-refractivity contribution in [2.24, 2.45) is 0 Å². The van der Waals surface area contributed by atoms with E-state index in [9.17, 15) is 9.90 Å². The Labute approximate surface area is 115 Å². The summed E-state index contributed by atoms with van der Waals surface area (Å²) in [7, 11) is 3.04. The van der Waals surface area contributed by atoms with Crippen LogP contribution in [-0.4, -0.2) is 54.3 Å². The van der Waals surface area contributed by atoms with Gasteiger partial charge in [-0.25, -0.2) is 4.98 Å². The fourth-order valence-electron chi connectivity index (χ4n) is 1.42. The van der Waals surface area contributed by atoms with E-state index in [1.54, 1.807) is 7.05 Å². The quantitative estimate of drug-likeness (QED) is 0.835. The standard InChI is InChI=1S/C11H14Cl2N2O3/c1-15(5-7(16)6-18-2)11(17)8-3-4-9(12)14-10(8)13/h3-4,7,16H,5-6H2,1-2H3. The maximum Gasteiger partial charge on any atom is 0.256 e. The number of pyridine rings is 1. The minimum atomic E-state index is -0.747. The van der Waals surface area contributed by atoms with Crippen molar-refractivity contribution in [2.45, 2.75) is 6.10 Å². The molecule has 1 N–H and O–H groups in total. The van der Waals surface area contributed by atoms with Gasteiger partial charge < -0.3 is 14.7 Å². The summed E-state index contributed by atoms with van der Waals surface area (Å²) in [6.07, 6.45) is -0.747. The van der Waals surface area contributed by atoms with Gasteiger partial charge in [0.25, 0.3) is 5.91 Å². The SMILES string of the molecule is COCC(O)CN(C)C(=O)c1ccc(Cl)nc1Cl. The van der Waals surface area contributed by atoms with Crippen LogP contribution in [0.4, 0.5) is 0 Å². The summed E-state index contributed by atoms with van der Waals surface area (Å²) in [5, 5.41) is 9.80. The molecule has 0 radical (unpaired) electrons. The number of nitrogens with zero attached hydrogens (tertiary/aromatic N) is 2. The van der Waals surface area contributed by atoms with Gasteiger partial charge in [0.15, 0.2) is 0 Å². The monoisotopic (exact) mass is 292 g/mol. The number of likely N-dealkylation sites (N-methyl/N-ethyl adjacent to an activating group) is 1. The summed E-state index contributed by atoms with van der Waals surface area (Å²) < 4.78 is 4.79. The van der Waals surface area contributed by atoms with Crippen molar-refractivity contribution in [3.63, 3.8) is 0 Å². The van der Waals surface area contributed by atoms with Crippen LogP contribution in [0.1, 0.15) is 10.4 Å². The topological polar surface area (TPSA) is 62.7 Å². The van der Waals surface area contributed by atoms with Crippen LogP contribution < -0.4 is 0 Å². The normalized spacial score (nSPS) is 12.3. The molecule has 1 amide bonds. The van der Waals surface area contributed by atoms with Crippen molar-refractivity contribution in [1.29, 1.82) is 0 Å². The lowest BCUT2D eigenvalue weighted by Crippen LogP contribution is -2.36. The summed E-state index contributed by atoms with van der Waals surface area (Å²) in [5.74, 6) is -0.334. The molecule has 1 heterocycles.